The Balaban J connectivity index is 1.93. The molecular formula is C16H21BF3NO3. The van der Waals surface area contributed by atoms with E-state index in [0.717, 1.165) is 25.3 Å². The van der Waals surface area contributed by atoms with Crippen molar-refractivity contribution >= 4 is 12.6 Å². The van der Waals surface area contributed by atoms with Crippen molar-refractivity contribution in [2.45, 2.75) is 70.4 Å². The maximum atomic E-state index is 13.2. The van der Waals surface area contributed by atoms with E-state index in [1.807, 2.05) is 27.7 Å². The van der Waals surface area contributed by atoms with E-state index < -0.39 is 30.2 Å². The minimum atomic E-state index is -4.56. The van der Waals surface area contributed by atoms with Crippen molar-refractivity contribution in [2.24, 2.45) is 0 Å². The molecule has 0 bridgehead atoms. The third-order valence-corrected chi connectivity index (χ3v) is 4.98. The third-order valence-electron chi connectivity index (χ3n) is 4.98. The zero-order chi connectivity index (χ0) is 17.8. The fraction of sp³-hybridized carbons (Fsp3) is 0.688. The van der Waals surface area contributed by atoms with Gasteiger partial charge in [-0.15, -0.1) is 0 Å². The zero-order valence-corrected chi connectivity index (χ0v) is 14.2. The van der Waals surface area contributed by atoms with Gasteiger partial charge >= 0.3 is 13.3 Å². The van der Waals surface area contributed by atoms with Crippen LogP contribution in [0.3, 0.4) is 0 Å². The number of alkyl halides is 3. The summed E-state index contributed by atoms with van der Waals surface area (Å²) in [5, 5.41) is 0. The van der Waals surface area contributed by atoms with Gasteiger partial charge in [-0.3, -0.25) is 0 Å². The van der Waals surface area contributed by atoms with Crippen molar-refractivity contribution in [3.8, 4) is 5.88 Å². The van der Waals surface area contributed by atoms with Gasteiger partial charge in [-0.05, 0) is 58.5 Å². The Labute approximate surface area is 139 Å². The molecule has 0 atom stereocenters. The van der Waals surface area contributed by atoms with Crippen LogP contribution in [-0.2, 0) is 15.5 Å². The molecule has 1 aliphatic heterocycles. The molecule has 4 nitrogen and oxygen atoms in total. The number of hydrogen-bond donors (Lipinski definition) is 0. The summed E-state index contributed by atoms with van der Waals surface area (Å²) in [5.74, 6) is -0.0285. The maximum Gasteiger partial charge on any atom is 0.495 e. The summed E-state index contributed by atoms with van der Waals surface area (Å²) in [6.45, 7) is 7.41. The summed E-state index contributed by atoms with van der Waals surface area (Å²) in [6, 6.07) is 2.45. The molecule has 8 heteroatoms. The second-order valence-corrected chi connectivity index (χ2v) is 7.38. The third kappa shape index (κ3) is 3.26. The van der Waals surface area contributed by atoms with E-state index in [2.05, 4.69) is 4.98 Å². The van der Waals surface area contributed by atoms with Gasteiger partial charge in [0.15, 0.2) is 0 Å². The molecule has 0 spiro atoms. The molecule has 2 aliphatic rings. The predicted molar refractivity (Wildman–Crippen MR) is 83.2 cm³/mol. The fourth-order valence-corrected chi connectivity index (χ4v) is 2.51. The van der Waals surface area contributed by atoms with E-state index in [0.29, 0.717) is 0 Å². The second kappa shape index (κ2) is 5.63. The highest BCUT2D eigenvalue weighted by atomic mass is 19.4. The van der Waals surface area contributed by atoms with Gasteiger partial charge in [0.25, 0.3) is 0 Å². The van der Waals surface area contributed by atoms with E-state index in [9.17, 15) is 13.2 Å². The molecule has 3 rings (SSSR count). The van der Waals surface area contributed by atoms with Crippen LogP contribution in [0.2, 0.25) is 0 Å². The lowest BCUT2D eigenvalue weighted by atomic mass is 9.79. The molecule has 132 valence electrons. The second-order valence-electron chi connectivity index (χ2n) is 7.38. The smallest absolute Gasteiger partial charge is 0.474 e. The first kappa shape index (κ1) is 17.5. The van der Waals surface area contributed by atoms with Crippen LogP contribution < -0.4 is 10.2 Å². The van der Waals surface area contributed by atoms with Crippen LogP contribution >= 0.6 is 0 Å². The molecule has 0 amide bonds. The number of ether oxygens (including phenoxy) is 1. The van der Waals surface area contributed by atoms with Crippen LogP contribution in [0.25, 0.3) is 0 Å². The van der Waals surface area contributed by atoms with Crippen LogP contribution in [0, 0.1) is 0 Å². The molecule has 1 aliphatic carbocycles. The van der Waals surface area contributed by atoms with Crippen molar-refractivity contribution in [1.82, 2.24) is 4.98 Å². The van der Waals surface area contributed by atoms with E-state index in [4.69, 9.17) is 14.0 Å². The van der Waals surface area contributed by atoms with E-state index >= 15 is 0 Å². The van der Waals surface area contributed by atoms with Crippen LogP contribution in [0.5, 0.6) is 5.88 Å². The van der Waals surface area contributed by atoms with Gasteiger partial charge in [0.1, 0.15) is 11.8 Å². The summed E-state index contributed by atoms with van der Waals surface area (Å²) >= 11 is 0. The number of halogens is 3. The molecule has 0 aromatic carbocycles. The standard InChI is InChI=1S/C16H21BF3NO3/c1-14(2)15(3,4)24-17(23-14)10-8-12(16(18,19)20)21-13(9-10)22-11-6-5-7-11/h8-9,11H,5-7H2,1-4H3. The average Bonchev–Trinajstić information content (AvgIpc) is 2.62. The highest BCUT2D eigenvalue weighted by Crippen LogP contribution is 2.37. The van der Waals surface area contributed by atoms with Crippen molar-refractivity contribution in [2.75, 3.05) is 0 Å². The Hall–Kier alpha value is -1.28. The monoisotopic (exact) mass is 343 g/mol. The van der Waals surface area contributed by atoms with Gasteiger partial charge in [-0.2, -0.15) is 13.2 Å². The first-order valence-corrected chi connectivity index (χ1v) is 8.09. The maximum absolute atomic E-state index is 13.2. The molecule has 24 heavy (non-hydrogen) atoms. The quantitative estimate of drug-likeness (QED) is 0.790. The van der Waals surface area contributed by atoms with Gasteiger partial charge < -0.3 is 14.0 Å². The van der Waals surface area contributed by atoms with Crippen molar-refractivity contribution < 1.29 is 27.2 Å². The van der Waals surface area contributed by atoms with Crippen LogP contribution in [-0.4, -0.2) is 29.4 Å². The highest BCUT2D eigenvalue weighted by Gasteiger charge is 2.52. The molecule has 1 aromatic heterocycles. The Morgan fingerprint density at radius 2 is 1.71 bits per heavy atom. The van der Waals surface area contributed by atoms with Crippen LogP contribution in [0.4, 0.5) is 13.2 Å². The summed E-state index contributed by atoms with van der Waals surface area (Å²) in [6.07, 6.45) is -1.93. The summed E-state index contributed by atoms with van der Waals surface area (Å²) in [5.41, 5.74) is -1.99. The minimum absolute atomic E-state index is 0.0285. The van der Waals surface area contributed by atoms with Crippen LogP contribution in [0.1, 0.15) is 52.7 Å². The largest absolute Gasteiger partial charge is 0.495 e. The number of aromatic nitrogens is 1. The SMILES string of the molecule is CC1(C)OB(c2cc(OC3CCC3)nc(C(F)(F)F)c2)OC1(C)C. The van der Waals surface area contributed by atoms with Crippen molar-refractivity contribution in [3.63, 3.8) is 0 Å². The molecule has 1 aromatic rings. The first-order valence-electron chi connectivity index (χ1n) is 8.09. The molecule has 2 fully saturated rings. The number of hydrogen-bond acceptors (Lipinski definition) is 4. The average molecular weight is 343 g/mol. The number of rotatable bonds is 3. The Kier molecular flexibility index (Phi) is 4.11. The molecule has 0 unspecified atom stereocenters. The Morgan fingerprint density at radius 3 is 2.17 bits per heavy atom. The normalized spacial score (nSPS) is 23.2. The van der Waals surface area contributed by atoms with Gasteiger partial charge in [-0.25, -0.2) is 4.98 Å². The summed E-state index contributed by atoms with van der Waals surface area (Å²) in [4.78, 5) is 3.61. The summed E-state index contributed by atoms with van der Waals surface area (Å²) < 4.78 is 56.8. The lowest BCUT2D eigenvalue weighted by Crippen LogP contribution is -2.41. The minimum Gasteiger partial charge on any atom is -0.474 e. The lowest BCUT2D eigenvalue weighted by Gasteiger charge is -2.32. The lowest BCUT2D eigenvalue weighted by molar-refractivity contribution is -0.141. The topological polar surface area (TPSA) is 40.6 Å². The van der Waals surface area contributed by atoms with Crippen LogP contribution in [0.15, 0.2) is 12.1 Å². The van der Waals surface area contributed by atoms with Gasteiger partial charge in [0.2, 0.25) is 5.88 Å². The van der Waals surface area contributed by atoms with Gasteiger partial charge in [-0.1, -0.05) is 0 Å². The van der Waals surface area contributed by atoms with Gasteiger partial charge in [0, 0.05) is 6.07 Å². The molecule has 0 N–H and O–H groups in total. The Bertz CT molecular complexity index is 613. The van der Waals surface area contributed by atoms with E-state index in [1.54, 1.807) is 0 Å². The van der Waals surface area contributed by atoms with E-state index in [1.165, 1.54) is 6.07 Å². The number of nitrogens with zero attached hydrogens (tertiary/aromatic N) is 1. The Morgan fingerprint density at radius 1 is 1.12 bits per heavy atom. The molecule has 0 radical (unpaired) electrons. The van der Waals surface area contributed by atoms with E-state index in [-0.39, 0.29) is 17.4 Å². The fourth-order valence-electron chi connectivity index (χ4n) is 2.51. The predicted octanol–water partition coefficient (Wildman–Crippen LogP) is 3.33. The molecule has 2 heterocycles. The van der Waals surface area contributed by atoms with Crippen molar-refractivity contribution in [3.05, 3.63) is 17.8 Å². The molecular weight excluding hydrogens is 322 g/mol. The summed E-state index contributed by atoms with van der Waals surface area (Å²) in [7, 11) is -0.886. The zero-order valence-electron chi connectivity index (χ0n) is 14.2. The number of pyridine rings is 1. The van der Waals surface area contributed by atoms with Crippen molar-refractivity contribution in [1.29, 1.82) is 0 Å². The highest BCUT2D eigenvalue weighted by molar-refractivity contribution is 6.62. The first-order chi connectivity index (χ1) is 11.0. The molecule has 1 saturated heterocycles. The molecule has 1 saturated carbocycles. The van der Waals surface area contributed by atoms with Gasteiger partial charge in [0.05, 0.1) is 11.2 Å².